The molecule has 10 heteroatoms. The van der Waals surface area contributed by atoms with Crippen molar-refractivity contribution in [1.82, 2.24) is 34.3 Å². The minimum Gasteiger partial charge on any atom is -0.362 e. The van der Waals surface area contributed by atoms with Crippen LogP contribution in [0, 0.1) is 11.3 Å². The molecule has 5 rings (SSSR count). The van der Waals surface area contributed by atoms with Gasteiger partial charge in [0.15, 0.2) is 11.5 Å². The second kappa shape index (κ2) is 8.33. The fourth-order valence-corrected chi connectivity index (χ4v) is 3.85. The molecule has 9 nitrogen and oxygen atoms in total. The van der Waals surface area contributed by atoms with Gasteiger partial charge in [-0.2, -0.15) is 10.4 Å². The highest BCUT2D eigenvalue weighted by molar-refractivity contribution is 6.35. The minimum atomic E-state index is 0.169. The summed E-state index contributed by atoms with van der Waals surface area (Å²) in [6.45, 7) is 0.401. The normalized spacial score (nSPS) is 11.0. The van der Waals surface area contributed by atoms with E-state index in [0.717, 1.165) is 16.6 Å². The van der Waals surface area contributed by atoms with E-state index in [-0.39, 0.29) is 5.69 Å². The molecule has 33 heavy (non-hydrogen) atoms. The zero-order valence-corrected chi connectivity index (χ0v) is 18.6. The Kier molecular flexibility index (Phi) is 5.20. The van der Waals surface area contributed by atoms with Crippen LogP contribution in [0.5, 0.6) is 0 Å². The zero-order valence-electron chi connectivity index (χ0n) is 17.9. The third-order valence-electron chi connectivity index (χ3n) is 5.09. The van der Waals surface area contributed by atoms with Crippen molar-refractivity contribution in [3.8, 4) is 28.7 Å². The summed E-state index contributed by atoms with van der Waals surface area (Å²) in [7, 11) is 3.73. The Morgan fingerprint density at radius 1 is 1.12 bits per heavy atom. The average Bonchev–Trinajstić information content (AvgIpc) is 3.45. The van der Waals surface area contributed by atoms with Crippen LogP contribution in [0.4, 0.5) is 5.82 Å². The molecule has 0 aliphatic carbocycles. The second-order valence-corrected chi connectivity index (χ2v) is 7.93. The summed E-state index contributed by atoms with van der Waals surface area (Å²) in [5.41, 5.74) is 4.10. The molecule has 1 aromatic carbocycles. The van der Waals surface area contributed by atoms with Crippen LogP contribution in [0.25, 0.3) is 33.5 Å². The van der Waals surface area contributed by atoms with Crippen molar-refractivity contribution in [3.63, 3.8) is 0 Å². The number of aryl methyl sites for hydroxylation is 2. The molecule has 5 aromatic rings. The van der Waals surface area contributed by atoms with Crippen LogP contribution >= 0.6 is 11.6 Å². The molecule has 0 unspecified atom stereocenters. The first kappa shape index (κ1) is 20.6. The van der Waals surface area contributed by atoms with Gasteiger partial charge in [-0.1, -0.05) is 17.7 Å². The third kappa shape index (κ3) is 4.00. The van der Waals surface area contributed by atoms with Crippen molar-refractivity contribution >= 4 is 28.3 Å². The SMILES string of the molecule is Cn1cnc(CNc2nc(-c3ccn(C)n3)c(-c3cc(Cl)c4ncccc4c3)nc2C#N)c1. The first-order chi connectivity index (χ1) is 16.0. The molecule has 0 amide bonds. The predicted molar refractivity (Wildman–Crippen MR) is 125 cm³/mol. The third-order valence-corrected chi connectivity index (χ3v) is 5.37. The van der Waals surface area contributed by atoms with Crippen LogP contribution < -0.4 is 5.32 Å². The van der Waals surface area contributed by atoms with Crippen molar-refractivity contribution in [2.24, 2.45) is 14.1 Å². The Morgan fingerprint density at radius 3 is 2.73 bits per heavy atom. The quantitative estimate of drug-likeness (QED) is 0.427. The Hall–Kier alpha value is -4.29. The number of hydrogen-bond acceptors (Lipinski definition) is 7. The molecule has 0 bridgehead atoms. The first-order valence-electron chi connectivity index (χ1n) is 10.1. The minimum absolute atomic E-state index is 0.169. The highest BCUT2D eigenvalue weighted by Crippen LogP contribution is 2.34. The molecule has 0 aliphatic rings. The molecular weight excluding hydrogens is 438 g/mol. The molecule has 4 aromatic heterocycles. The van der Waals surface area contributed by atoms with E-state index < -0.39 is 0 Å². The highest BCUT2D eigenvalue weighted by atomic mass is 35.5. The van der Waals surface area contributed by atoms with Gasteiger partial charge in [0, 0.05) is 43.6 Å². The molecule has 0 spiro atoms. The number of fused-ring (bicyclic) bond motifs is 1. The molecule has 0 atom stereocenters. The van der Waals surface area contributed by atoms with Crippen LogP contribution in [0.15, 0.2) is 55.2 Å². The Bertz CT molecular complexity index is 1530. The van der Waals surface area contributed by atoms with Gasteiger partial charge in [0.2, 0.25) is 0 Å². The van der Waals surface area contributed by atoms with Gasteiger partial charge in [0.1, 0.15) is 23.2 Å². The van der Waals surface area contributed by atoms with Crippen molar-refractivity contribution in [2.45, 2.75) is 6.54 Å². The Morgan fingerprint density at radius 2 is 2.00 bits per heavy atom. The molecule has 0 saturated carbocycles. The van der Waals surface area contributed by atoms with Crippen LogP contribution in [-0.2, 0) is 20.6 Å². The number of nitriles is 1. The molecule has 0 radical (unpaired) electrons. The van der Waals surface area contributed by atoms with E-state index in [1.54, 1.807) is 23.3 Å². The molecule has 0 aliphatic heterocycles. The first-order valence-corrected chi connectivity index (χ1v) is 10.5. The van der Waals surface area contributed by atoms with E-state index in [0.29, 0.717) is 40.0 Å². The van der Waals surface area contributed by atoms with Crippen LogP contribution in [0.3, 0.4) is 0 Å². The van der Waals surface area contributed by atoms with E-state index in [1.807, 2.05) is 55.3 Å². The number of imidazole rings is 1. The van der Waals surface area contributed by atoms with Gasteiger partial charge in [-0.05, 0) is 24.3 Å². The van der Waals surface area contributed by atoms with E-state index in [9.17, 15) is 5.26 Å². The average molecular weight is 456 g/mol. The second-order valence-electron chi connectivity index (χ2n) is 7.52. The number of halogens is 1. The molecule has 1 N–H and O–H groups in total. The fraction of sp³-hybridized carbons (Fsp3) is 0.130. The summed E-state index contributed by atoms with van der Waals surface area (Å²) in [5, 5.41) is 18.9. The standard InChI is InChI=1S/C23H18ClN9/c1-32-12-16(28-13-32)11-27-23-19(10-25)29-21(22(30-23)18-5-7-33(2)31-18)15-8-14-4-3-6-26-20(14)17(24)9-15/h3-9,12-13H,11H2,1-2H3,(H,27,30). The number of aromatic nitrogens is 7. The van der Waals surface area contributed by atoms with E-state index >= 15 is 0 Å². The van der Waals surface area contributed by atoms with E-state index in [4.69, 9.17) is 16.6 Å². The summed E-state index contributed by atoms with van der Waals surface area (Å²) in [6.07, 6.45) is 7.14. The maximum absolute atomic E-state index is 9.81. The summed E-state index contributed by atoms with van der Waals surface area (Å²) < 4.78 is 3.55. The topological polar surface area (TPSA) is 110 Å². The fourth-order valence-electron chi connectivity index (χ4n) is 3.57. The lowest BCUT2D eigenvalue weighted by Gasteiger charge is -2.13. The molecule has 162 valence electrons. The van der Waals surface area contributed by atoms with Gasteiger partial charge in [-0.3, -0.25) is 9.67 Å². The van der Waals surface area contributed by atoms with Crippen LogP contribution in [-0.4, -0.2) is 34.3 Å². The number of hydrogen-bond donors (Lipinski definition) is 1. The Balaban J connectivity index is 1.66. The van der Waals surface area contributed by atoms with Gasteiger partial charge >= 0.3 is 0 Å². The lowest BCUT2D eigenvalue weighted by atomic mass is 10.0. The van der Waals surface area contributed by atoms with Gasteiger partial charge in [-0.25, -0.2) is 15.0 Å². The maximum atomic E-state index is 9.81. The van der Waals surface area contributed by atoms with Crippen molar-refractivity contribution in [1.29, 1.82) is 5.26 Å². The van der Waals surface area contributed by atoms with Crippen LogP contribution in [0.2, 0.25) is 5.02 Å². The van der Waals surface area contributed by atoms with E-state index in [2.05, 4.69) is 31.4 Å². The number of rotatable bonds is 5. The smallest absolute Gasteiger partial charge is 0.183 e. The van der Waals surface area contributed by atoms with Crippen molar-refractivity contribution < 1.29 is 0 Å². The maximum Gasteiger partial charge on any atom is 0.183 e. The van der Waals surface area contributed by atoms with Crippen molar-refractivity contribution in [3.05, 3.63) is 71.7 Å². The number of benzene rings is 1. The lowest BCUT2D eigenvalue weighted by Crippen LogP contribution is -2.08. The zero-order chi connectivity index (χ0) is 22.9. The predicted octanol–water partition coefficient (Wildman–Crippen LogP) is 3.96. The number of anilines is 1. The molecular formula is C23H18ClN9. The van der Waals surface area contributed by atoms with Crippen molar-refractivity contribution in [2.75, 3.05) is 5.32 Å². The van der Waals surface area contributed by atoms with Gasteiger partial charge in [-0.15, -0.1) is 0 Å². The number of nitrogens with one attached hydrogen (secondary N) is 1. The number of nitrogens with zero attached hydrogens (tertiary/aromatic N) is 8. The largest absolute Gasteiger partial charge is 0.362 e. The summed E-state index contributed by atoms with van der Waals surface area (Å²) in [6, 6.07) is 11.5. The summed E-state index contributed by atoms with van der Waals surface area (Å²) in [5.74, 6) is 0.362. The van der Waals surface area contributed by atoms with Gasteiger partial charge < -0.3 is 9.88 Å². The monoisotopic (exact) mass is 455 g/mol. The van der Waals surface area contributed by atoms with E-state index in [1.165, 1.54) is 0 Å². The van der Waals surface area contributed by atoms with Gasteiger partial charge in [0.05, 0.1) is 29.1 Å². The van der Waals surface area contributed by atoms with Gasteiger partial charge in [0.25, 0.3) is 0 Å². The lowest BCUT2D eigenvalue weighted by molar-refractivity contribution is 0.770. The molecule has 4 heterocycles. The molecule has 0 fully saturated rings. The molecule has 0 saturated heterocycles. The number of pyridine rings is 1. The summed E-state index contributed by atoms with van der Waals surface area (Å²) >= 11 is 6.52. The highest BCUT2D eigenvalue weighted by Gasteiger charge is 2.20. The Labute approximate surface area is 194 Å². The summed E-state index contributed by atoms with van der Waals surface area (Å²) in [4.78, 5) is 18.1. The van der Waals surface area contributed by atoms with Crippen LogP contribution in [0.1, 0.15) is 11.4 Å².